The van der Waals surface area contributed by atoms with Crippen LogP contribution in [0.4, 0.5) is 0 Å². The summed E-state index contributed by atoms with van der Waals surface area (Å²) in [6, 6.07) is 0. The fraction of sp³-hybridized carbons (Fsp3) is 0.933. The first-order chi connectivity index (χ1) is 10.2. The Morgan fingerprint density at radius 3 is 2.14 bits per heavy atom. The molecular weight excluding hydrogens is 272 g/mol. The van der Waals surface area contributed by atoms with Gasteiger partial charge in [-0.05, 0) is 32.1 Å². The molecule has 0 aromatic rings. The minimum Gasteiger partial charge on any atom is -0.379 e. The summed E-state index contributed by atoms with van der Waals surface area (Å²) in [5.41, 5.74) is 5.39. The van der Waals surface area contributed by atoms with Crippen LogP contribution in [-0.4, -0.2) is 68.1 Å². The maximum Gasteiger partial charge on any atom is 0.245 e. The zero-order valence-electron chi connectivity index (χ0n) is 12.6. The van der Waals surface area contributed by atoms with E-state index in [4.69, 9.17) is 19.9 Å². The number of rotatable bonds is 5. The molecule has 120 valence electrons. The third-order valence-corrected chi connectivity index (χ3v) is 4.66. The largest absolute Gasteiger partial charge is 0.379 e. The van der Waals surface area contributed by atoms with Crippen LogP contribution in [0.3, 0.4) is 0 Å². The maximum absolute atomic E-state index is 12.9. The van der Waals surface area contributed by atoms with Crippen molar-refractivity contribution < 1.29 is 19.0 Å². The normalized spacial score (nSPS) is 36.2. The highest BCUT2D eigenvalue weighted by Gasteiger charge is 2.42. The van der Waals surface area contributed by atoms with Gasteiger partial charge in [-0.3, -0.25) is 4.79 Å². The van der Waals surface area contributed by atoms with Gasteiger partial charge < -0.3 is 24.8 Å². The Labute approximate surface area is 125 Å². The maximum atomic E-state index is 12.9. The smallest absolute Gasteiger partial charge is 0.245 e. The summed E-state index contributed by atoms with van der Waals surface area (Å²) in [5.74, 6) is -0.00833. The highest BCUT2D eigenvalue weighted by molar-refractivity contribution is 5.86. The molecule has 3 aliphatic rings. The zero-order valence-corrected chi connectivity index (χ0v) is 12.6. The van der Waals surface area contributed by atoms with Crippen LogP contribution in [0.1, 0.15) is 32.1 Å². The Kier molecular flexibility index (Phi) is 4.78. The number of hydrogen-bond donors (Lipinski definition) is 1. The predicted molar refractivity (Wildman–Crippen MR) is 76.9 cm³/mol. The first-order valence-corrected chi connectivity index (χ1v) is 8.07. The molecule has 3 aliphatic heterocycles. The van der Waals surface area contributed by atoms with Crippen molar-refractivity contribution in [1.29, 1.82) is 0 Å². The lowest BCUT2D eigenvalue weighted by Crippen LogP contribution is -2.58. The number of carbonyl (C=O) groups is 1. The monoisotopic (exact) mass is 298 g/mol. The molecular formula is C15H26N2O4. The molecule has 0 aromatic carbocycles. The third-order valence-electron chi connectivity index (χ3n) is 4.66. The van der Waals surface area contributed by atoms with E-state index in [1.807, 2.05) is 4.90 Å². The average molecular weight is 298 g/mol. The van der Waals surface area contributed by atoms with Crippen molar-refractivity contribution in [3.8, 4) is 0 Å². The Hall–Kier alpha value is -0.690. The second kappa shape index (κ2) is 6.60. The molecule has 3 unspecified atom stereocenters. The van der Waals surface area contributed by atoms with Crippen LogP contribution in [0, 0.1) is 0 Å². The van der Waals surface area contributed by atoms with E-state index in [0.717, 1.165) is 38.9 Å². The van der Waals surface area contributed by atoms with E-state index in [2.05, 4.69) is 0 Å². The van der Waals surface area contributed by atoms with E-state index in [-0.39, 0.29) is 18.1 Å². The number of amides is 1. The Morgan fingerprint density at radius 1 is 1.10 bits per heavy atom. The van der Waals surface area contributed by atoms with Crippen molar-refractivity contribution in [2.24, 2.45) is 5.73 Å². The first-order valence-electron chi connectivity index (χ1n) is 8.07. The molecule has 0 spiro atoms. The second-order valence-electron chi connectivity index (χ2n) is 6.44. The van der Waals surface area contributed by atoms with Crippen LogP contribution >= 0.6 is 0 Å². The average Bonchev–Trinajstić information content (AvgIpc) is 3.20. The minimum absolute atomic E-state index is 0.00833. The van der Waals surface area contributed by atoms with Crippen molar-refractivity contribution in [2.45, 2.75) is 49.9 Å². The van der Waals surface area contributed by atoms with Gasteiger partial charge in [0.2, 0.25) is 5.91 Å². The molecule has 3 rings (SSSR count). The SMILES string of the molecule is NC1(C(=O)N(CC2CCCO2)CC2CCCO2)CCOC1. The minimum atomic E-state index is -0.864. The van der Waals surface area contributed by atoms with Crippen molar-refractivity contribution in [3.63, 3.8) is 0 Å². The van der Waals surface area contributed by atoms with Gasteiger partial charge in [0.15, 0.2) is 0 Å². The van der Waals surface area contributed by atoms with E-state index >= 15 is 0 Å². The molecule has 3 saturated heterocycles. The molecule has 6 nitrogen and oxygen atoms in total. The number of nitrogens with two attached hydrogens (primary N) is 1. The highest BCUT2D eigenvalue weighted by atomic mass is 16.5. The second-order valence-corrected chi connectivity index (χ2v) is 6.44. The van der Waals surface area contributed by atoms with Gasteiger partial charge in [-0.15, -0.1) is 0 Å². The Balaban J connectivity index is 1.65. The summed E-state index contributed by atoms with van der Waals surface area (Å²) in [6.45, 7) is 3.72. The fourth-order valence-electron chi connectivity index (χ4n) is 3.37. The lowest BCUT2D eigenvalue weighted by Gasteiger charge is -2.33. The van der Waals surface area contributed by atoms with E-state index in [1.54, 1.807) is 0 Å². The molecule has 0 bridgehead atoms. The van der Waals surface area contributed by atoms with Crippen LogP contribution in [0.25, 0.3) is 0 Å². The standard InChI is InChI=1S/C15H26N2O4/c16-15(5-8-19-11-15)14(18)17(9-12-3-1-6-20-12)10-13-4-2-7-21-13/h12-13H,1-11,16H2. The van der Waals surface area contributed by atoms with Crippen LogP contribution in [0.15, 0.2) is 0 Å². The molecule has 3 heterocycles. The summed E-state index contributed by atoms with van der Waals surface area (Å²) in [7, 11) is 0. The van der Waals surface area contributed by atoms with Gasteiger partial charge in [-0.2, -0.15) is 0 Å². The summed E-state index contributed by atoms with van der Waals surface area (Å²) >= 11 is 0. The molecule has 1 amide bonds. The molecule has 0 radical (unpaired) electrons. The van der Waals surface area contributed by atoms with Gasteiger partial charge in [-0.25, -0.2) is 0 Å². The van der Waals surface area contributed by atoms with Gasteiger partial charge in [0.25, 0.3) is 0 Å². The molecule has 2 N–H and O–H groups in total. The number of ether oxygens (including phenoxy) is 3. The lowest BCUT2D eigenvalue weighted by atomic mass is 9.97. The summed E-state index contributed by atoms with van der Waals surface area (Å²) in [4.78, 5) is 14.7. The first kappa shape index (κ1) is 15.2. The predicted octanol–water partition coefficient (Wildman–Crippen LogP) is 0.291. The molecule has 6 heteroatoms. The highest BCUT2D eigenvalue weighted by Crippen LogP contribution is 2.23. The van der Waals surface area contributed by atoms with E-state index in [0.29, 0.717) is 32.7 Å². The van der Waals surface area contributed by atoms with Gasteiger partial charge in [-0.1, -0.05) is 0 Å². The van der Waals surface area contributed by atoms with Crippen LogP contribution in [0.5, 0.6) is 0 Å². The summed E-state index contributed by atoms with van der Waals surface area (Å²) in [5, 5.41) is 0. The van der Waals surface area contributed by atoms with Crippen molar-refractivity contribution >= 4 is 5.91 Å². The van der Waals surface area contributed by atoms with Crippen LogP contribution in [-0.2, 0) is 19.0 Å². The van der Waals surface area contributed by atoms with Crippen molar-refractivity contribution in [2.75, 3.05) is 39.5 Å². The third kappa shape index (κ3) is 3.56. The van der Waals surface area contributed by atoms with Crippen LogP contribution in [0.2, 0.25) is 0 Å². The quantitative estimate of drug-likeness (QED) is 0.790. The summed E-state index contributed by atoms with van der Waals surface area (Å²) < 4.78 is 16.7. The van der Waals surface area contributed by atoms with E-state index in [1.165, 1.54) is 0 Å². The van der Waals surface area contributed by atoms with Gasteiger partial charge in [0.1, 0.15) is 5.54 Å². The van der Waals surface area contributed by atoms with E-state index < -0.39 is 5.54 Å². The summed E-state index contributed by atoms with van der Waals surface area (Å²) in [6.07, 6.45) is 5.06. The molecule has 3 atom stereocenters. The van der Waals surface area contributed by atoms with Gasteiger partial charge >= 0.3 is 0 Å². The number of carbonyl (C=O) groups excluding carboxylic acids is 1. The van der Waals surface area contributed by atoms with Gasteiger partial charge in [0.05, 0.1) is 18.8 Å². The molecule has 21 heavy (non-hydrogen) atoms. The Morgan fingerprint density at radius 2 is 1.71 bits per heavy atom. The molecule has 0 aliphatic carbocycles. The van der Waals surface area contributed by atoms with Crippen molar-refractivity contribution in [3.05, 3.63) is 0 Å². The van der Waals surface area contributed by atoms with Crippen molar-refractivity contribution in [1.82, 2.24) is 4.90 Å². The molecule has 0 saturated carbocycles. The number of hydrogen-bond acceptors (Lipinski definition) is 5. The number of nitrogens with zero attached hydrogens (tertiary/aromatic N) is 1. The fourth-order valence-corrected chi connectivity index (χ4v) is 3.37. The van der Waals surface area contributed by atoms with Gasteiger partial charge in [0, 0.05) is 32.9 Å². The van der Waals surface area contributed by atoms with E-state index in [9.17, 15) is 4.79 Å². The van der Waals surface area contributed by atoms with Crippen LogP contribution < -0.4 is 5.73 Å². The topological polar surface area (TPSA) is 74.0 Å². The Bertz CT molecular complexity index is 341. The zero-order chi connectivity index (χ0) is 14.7. The molecule has 0 aromatic heterocycles. The molecule has 3 fully saturated rings. The lowest BCUT2D eigenvalue weighted by molar-refractivity contribution is -0.140.